The Hall–Kier alpha value is -1.69. The van der Waals surface area contributed by atoms with Crippen LogP contribution in [0.15, 0.2) is 12.1 Å². The molecule has 0 bridgehead atoms. The average Bonchev–Trinajstić information content (AvgIpc) is 2.41. The largest absolute Gasteiger partial charge is 0.444 e. The maximum atomic E-state index is 13.4. The Bertz CT molecular complexity index is 567. The Balaban J connectivity index is 2.01. The number of hydrogen-bond acceptors (Lipinski definition) is 4. The minimum absolute atomic E-state index is 0.0405. The number of amides is 1. The van der Waals surface area contributed by atoms with Gasteiger partial charge in [0.25, 0.3) is 0 Å². The SMILES string of the molecule is CC(C)(C)OC(=O)N1CCN(c2cc(Cl)c(F)cc2N)CC1. The summed E-state index contributed by atoms with van der Waals surface area (Å²) in [5.74, 6) is -0.532. The molecule has 0 unspecified atom stereocenters. The molecule has 0 saturated carbocycles. The van der Waals surface area contributed by atoms with Gasteiger partial charge in [-0.25, -0.2) is 9.18 Å². The standard InChI is InChI=1S/C15H21ClFN3O2/c1-15(2,3)22-14(21)20-6-4-19(5-7-20)13-8-10(16)11(17)9-12(13)18/h8-9H,4-7,18H2,1-3H3. The molecule has 0 atom stereocenters. The van der Waals surface area contributed by atoms with E-state index in [1.807, 2.05) is 25.7 Å². The van der Waals surface area contributed by atoms with Gasteiger partial charge in [-0.3, -0.25) is 0 Å². The fourth-order valence-corrected chi connectivity index (χ4v) is 2.44. The zero-order chi connectivity index (χ0) is 16.5. The molecule has 0 radical (unpaired) electrons. The highest BCUT2D eigenvalue weighted by molar-refractivity contribution is 6.31. The maximum absolute atomic E-state index is 13.4. The average molecular weight is 330 g/mol. The number of nitrogens with two attached hydrogens (primary N) is 1. The van der Waals surface area contributed by atoms with E-state index < -0.39 is 11.4 Å². The molecule has 1 aromatic carbocycles. The molecule has 0 spiro atoms. The number of halogens is 2. The lowest BCUT2D eigenvalue weighted by molar-refractivity contribution is 0.0240. The van der Waals surface area contributed by atoms with Crippen LogP contribution < -0.4 is 10.6 Å². The number of carbonyl (C=O) groups is 1. The van der Waals surface area contributed by atoms with Crippen molar-refractivity contribution in [3.63, 3.8) is 0 Å². The van der Waals surface area contributed by atoms with E-state index in [1.54, 1.807) is 4.90 Å². The lowest BCUT2D eigenvalue weighted by Crippen LogP contribution is -2.50. The van der Waals surface area contributed by atoms with E-state index in [-0.39, 0.29) is 11.1 Å². The number of carbonyl (C=O) groups excluding carboxylic acids is 1. The number of rotatable bonds is 1. The molecule has 1 fully saturated rings. The summed E-state index contributed by atoms with van der Waals surface area (Å²) >= 11 is 5.82. The lowest BCUT2D eigenvalue weighted by atomic mass is 10.2. The fourth-order valence-electron chi connectivity index (χ4n) is 2.28. The van der Waals surface area contributed by atoms with E-state index in [2.05, 4.69) is 0 Å². The molecular weight excluding hydrogens is 309 g/mol. The summed E-state index contributed by atoms with van der Waals surface area (Å²) < 4.78 is 18.7. The number of anilines is 2. The molecule has 1 aromatic rings. The summed E-state index contributed by atoms with van der Waals surface area (Å²) in [5, 5.41) is 0.0405. The Labute approximate surface area is 134 Å². The molecule has 5 nitrogen and oxygen atoms in total. The van der Waals surface area contributed by atoms with Gasteiger partial charge in [-0.05, 0) is 26.8 Å². The molecule has 1 amide bonds. The van der Waals surface area contributed by atoms with E-state index >= 15 is 0 Å². The second-order valence-electron chi connectivity index (χ2n) is 6.28. The predicted molar refractivity (Wildman–Crippen MR) is 85.8 cm³/mol. The van der Waals surface area contributed by atoms with Crippen LogP contribution in [0.25, 0.3) is 0 Å². The van der Waals surface area contributed by atoms with Gasteiger partial charge in [-0.15, -0.1) is 0 Å². The van der Waals surface area contributed by atoms with Crippen LogP contribution in [0.5, 0.6) is 0 Å². The molecule has 1 aliphatic heterocycles. The smallest absolute Gasteiger partial charge is 0.410 e. The van der Waals surface area contributed by atoms with E-state index in [1.165, 1.54) is 12.1 Å². The van der Waals surface area contributed by atoms with Gasteiger partial charge in [0.05, 0.1) is 16.4 Å². The highest BCUT2D eigenvalue weighted by Gasteiger charge is 2.26. The van der Waals surface area contributed by atoms with E-state index in [0.717, 1.165) is 0 Å². The molecule has 2 rings (SSSR count). The van der Waals surface area contributed by atoms with Crippen LogP contribution in [-0.4, -0.2) is 42.8 Å². The number of benzene rings is 1. The van der Waals surface area contributed by atoms with Gasteiger partial charge in [0.15, 0.2) is 0 Å². The third kappa shape index (κ3) is 3.94. The maximum Gasteiger partial charge on any atom is 0.410 e. The minimum atomic E-state index is -0.532. The van der Waals surface area contributed by atoms with Crippen molar-refractivity contribution in [2.75, 3.05) is 36.8 Å². The van der Waals surface area contributed by atoms with Crippen molar-refractivity contribution >= 4 is 29.1 Å². The Kier molecular flexibility index (Phi) is 4.70. The highest BCUT2D eigenvalue weighted by Crippen LogP contribution is 2.30. The summed E-state index contributed by atoms with van der Waals surface area (Å²) in [4.78, 5) is 15.7. The third-order valence-corrected chi connectivity index (χ3v) is 3.63. The third-order valence-electron chi connectivity index (χ3n) is 3.34. The normalized spacial score (nSPS) is 15.9. The van der Waals surface area contributed by atoms with Crippen LogP contribution >= 0.6 is 11.6 Å². The highest BCUT2D eigenvalue weighted by atomic mass is 35.5. The van der Waals surface area contributed by atoms with Crippen LogP contribution in [-0.2, 0) is 4.74 Å². The summed E-state index contributed by atoms with van der Waals surface area (Å²) in [7, 11) is 0. The summed E-state index contributed by atoms with van der Waals surface area (Å²) in [5.41, 5.74) is 6.37. The van der Waals surface area contributed by atoms with E-state index in [0.29, 0.717) is 37.6 Å². The Morgan fingerprint density at radius 1 is 1.27 bits per heavy atom. The molecule has 22 heavy (non-hydrogen) atoms. The quantitative estimate of drug-likeness (QED) is 0.804. The predicted octanol–water partition coefficient (Wildman–Crippen LogP) is 3.12. The van der Waals surface area contributed by atoms with Crippen LogP contribution in [0.3, 0.4) is 0 Å². The first-order valence-corrected chi connectivity index (χ1v) is 7.52. The van der Waals surface area contributed by atoms with Crippen molar-refractivity contribution in [1.29, 1.82) is 0 Å². The van der Waals surface area contributed by atoms with Gasteiger partial charge in [-0.1, -0.05) is 11.6 Å². The molecule has 1 aliphatic rings. The van der Waals surface area contributed by atoms with E-state index in [4.69, 9.17) is 22.1 Å². The fraction of sp³-hybridized carbons (Fsp3) is 0.533. The topological polar surface area (TPSA) is 58.8 Å². The lowest BCUT2D eigenvalue weighted by Gasteiger charge is -2.37. The van der Waals surface area contributed by atoms with Crippen LogP contribution in [0.2, 0.25) is 5.02 Å². The second kappa shape index (κ2) is 6.20. The zero-order valence-corrected chi connectivity index (χ0v) is 13.8. The number of hydrogen-bond donors (Lipinski definition) is 1. The van der Waals surface area contributed by atoms with Crippen LogP contribution in [0, 0.1) is 5.82 Å². The summed E-state index contributed by atoms with van der Waals surface area (Å²) in [6.45, 7) is 7.72. The molecule has 1 heterocycles. The molecule has 122 valence electrons. The van der Waals surface area contributed by atoms with Crippen LogP contribution in [0.1, 0.15) is 20.8 Å². The minimum Gasteiger partial charge on any atom is -0.444 e. The van der Waals surface area contributed by atoms with Crippen molar-refractivity contribution in [2.45, 2.75) is 26.4 Å². The van der Waals surface area contributed by atoms with Gasteiger partial charge in [0.2, 0.25) is 0 Å². The monoisotopic (exact) mass is 329 g/mol. The molecule has 0 aliphatic carbocycles. The zero-order valence-electron chi connectivity index (χ0n) is 13.0. The number of nitrogens with zero attached hydrogens (tertiary/aromatic N) is 2. The molecule has 0 aromatic heterocycles. The summed E-state index contributed by atoms with van der Waals surface area (Å²) in [6, 6.07) is 2.74. The van der Waals surface area contributed by atoms with Crippen molar-refractivity contribution in [3.05, 3.63) is 23.0 Å². The van der Waals surface area contributed by atoms with Gasteiger partial charge >= 0.3 is 6.09 Å². The second-order valence-corrected chi connectivity index (χ2v) is 6.69. The number of ether oxygens (including phenoxy) is 1. The van der Waals surface area contributed by atoms with Gasteiger partial charge in [0.1, 0.15) is 11.4 Å². The number of nitrogen functional groups attached to an aromatic ring is 1. The first-order chi connectivity index (χ1) is 10.2. The number of piperazine rings is 1. The molecule has 1 saturated heterocycles. The molecule has 2 N–H and O–H groups in total. The van der Waals surface area contributed by atoms with Crippen molar-refractivity contribution in [3.8, 4) is 0 Å². The van der Waals surface area contributed by atoms with Gasteiger partial charge < -0.3 is 20.3 Å². The van der Waals surface area contributed by atoms with Crippen molar-refractivity contribution < 1.29 is 13.9 Å². The van der Waals surface area contributed by atoms with Gasteiger partial charge in [-0.2, -0.15) is 0 Å². The van der Waals surface area contributed by atoms with Crippen molar-refractivity contribution in [1.82, 2.24) is 4.90 Å². The van der Waals surface area contributed by atoms with Gasteiger partial charge in [0, 0.05) is 32.2 Å². The first kappa shape index (κ1) is 16.7. The van der Waals surface area contributed by atoms with Crippen LogP contribution in [0.4, 0.5) is 20.6 Å². The first-order valence-electron chi connectivity index (χ1n) is 7.15. The Morgan fingerprint density at radius 3 is 2.41 bits per heavy atom. The molecular formula is C15H21ClFN3O2. The summed E-state index contributed by atoms with van der Waals surface area (Å²) in [6.07, 6.45) is -0.322. The van der Waals surface area contributed by atoms with E-state index in [9.17, 15) is 9.18 Å². The molecule has 7 heteroatoms. The Morgan fingerprint density at radius 2 is 1.86 bits per heavy atom. The van der Waals surface area contributed by atoms with Crippen molar-refractivity contribution in [2.24, 2.45) is 0 Å².